The van der Waals surface area contributed by atoms with Crippen molar-refractivity contribution in [2.24, 2.45) is 5.92 Å². The highest BCUT2D eigenvalue weighted by molar-refractivity contribution is 5.93. The van der Waals surface area contributed by atoms with Crippen molar-refractivity contribution in [3.05, 3.63) is 0 Å². The number of alkyl halides is 2. The SMILES string of the molecule is COC(=O)C(CC(F)F)C(=O)O. The summed E-state index contributed by atoms with van der Waals surface area (Å²) in [5.41, 5.74) is 0. The molecule has 1 atom stereocenters. The minimum Gasteiger partial charge on any atom is -0.481 e. The number of carbonyl (C=O) groups is 2. The predicted octanol–water partition coefficient (Wildman–Crippen LogP) is 0.515. The number of carboxylic acid groups (broad SMARTS) is 1. The number of aliphatic carboxylic acids is 1. The van der Waals surface area contributed by atoms with Gasteiger partial charge in [0.2, 0.25) is 6.43 Å². The number of ether oxygens (including phenoxy) is 1. The van der Waals surface area contributed by atoms with Gasteiger partial charge in [0, 0.05) is 6.42 Å². The Hall–Kier alpha value is -1.20. The van der Waals surface area contributed by atoms with Gasteiger partial charge in [-0.15, -0.1) is 0 Å². The van der Waals surface area contributed by atoms with Gasteiger partial charge in [0.25, 0.3) is 0 Å². The summed E-state index contributed by atoms with van der Waals surface area (Å²) in [6.45, 7) is 0. The van der Waals surface area contributed by atoms with E-state index < -0.39 is 30.7 Å². The molecule has 0 aromatic carbocycles. The molecule has 0 aliphatic rings. The highest BCUT2D eigenvalue weighted by Gasteiger charge is 2.30. The lowest BCUT2D eigenvalue weighted by Gasteiger charge is -2.08. The fourth-order valence-electron chi connectivity index (χ4n) is 0.618. The second kappa shape index (κ2) is 4.63. The van der Waals surface area contributed by atoms with Gasteiger partial charge >= 0.3 is 11.9 Å². The standard InChI is InChI=1S/C6H8F2O4/c1-12-6(11)3(5(9)10)2-4(7)8/h3-4H,2H2,1H3,(H,9,10). The first kappa shape index (κ1) is 10.8. The molecular weight excluding hydrogens is 174 g/mol. The zero-order valence-corrected chi connectivity index (χ0v) is 6.29. The highest BCUT2D eigenvalue weighted by atomic mass is 19.3. The van der Waals surface area contributed by atoms with Crippen LogP contribution in [-0.2, 0) is 14.3 Å². The summed E-state index contributed by atoms with van der Waals surface area (Å²) in [6.07, 6.45) is -3.84. The van der Waals surface area contributed by atoms with Crippen LogP contribution in [0.1, 0.15) is 6.42 Å². The molecule has 0 aromatic rings. The summed E-state index contributed by atoms with van der Waals surface area (Å²) in [7, 11) is 0.948. The van der Waals surface area contributed by atoms with E-state index in [1.165, 1.54) is 0 Å². The summed E-state index contributed by atoms with van der Waals surface area (Å²) in [4.78, 5) is 20.8. The Bertz CT molecular complexity index is 180. The third kappa shape index (κ3) is 3.27. The molecule has 1 unspecified atom stereocenters. The molecule has 0 aromatic heterocycles. The third-order valence-corrected chi connectivity index (χ3v) is 1.20. The normalized spacial score (nSPS) is 12.7. The number of methoxy groups -OCH3 is 1. The van der Waals surface area contributed by atoms with Gasteiger partial charge in [-0.3, -0.25) is 9.59 Å². The summed E-state index contributed by atoms with van der Waals surface area (Å²) in [6, 6.07) is 0. The number of rotatable bonds is 4. The molecule has 0 amide bonds. The molecular formula is C6H8F2O4. The summed E-state index contributed by atoms with van der Waals surface area (Å²) in [5, 5.41) is 8.29. The molecule has 0 saturated carbocycles. The van der Waals surface area contributed by atoms with E-state index in [0.29, 0.717) is 0 Å². The van der Waals surface area contributed by atoms with E-state index in [2.05, 4.69) is 4.74 Å². The summed E-state index contributed by atoms with van der Waals surface area (Å²) < 4.78 is 27.4. The quantitative estimate of drug-likeness (QED) is 0.508. The number of hydrogen-bond acceptors (Lipinski definition) is 3. The van der Waals surface area contributed by atoms with Crippen molar-refractivity contribution in [3.63, 3.8) is 0 Å². The van der Waals surface area contributed by atoms with Crippen LogP contribution >= 0.6 is 0 Å². The first-order valence-electron chi connectivity index (χ1n) is 3.07. The number of carbonyl (C=O) groups excluding carboxylic acids is 1. The van der Waals surface area contributed by atoms with Crippen molar-refractivity contribution in [3.8, 4) is 0 Å². The largest absolute Gasteiger partial charge is 0.481 e. The molecule has 0 fully saturated rings. The first-order chi connectivity index (χ1) is 5.49. The van der Waals surface area contributed by atoms with Crippen molar-refractivity contribution in [1.29, 1.82) is 0 Å². The molecule has 0 radical (unpaired) electrons. The van der Waals surface area contributed by atoms with E-state index >= 15 is 0 Å². The molecule has 0 bridgehead atoms. The fraction of sp³-hybridized carbons (Fsp3) is 0.667. The maximum absolute atomic E-state index is 11.7. The van der Waals surface area contributed by atoms with Crippen molar-refractivity contribution >= 4 is 11.9 Å². The van der Waals surface area contributed by atoms with Gasteiger partial charge in [-0.05, 0) is 0 Å². The van der Waals surface area contributed by atoms with Gasteiger partial charge in [-0.1, -0.05) is 0 Å². The monoisotopic (exact) mass is 182 g/mol. The van der Waals surface area contributed by atoms with Gasteiger partial charge in [0.05, 0.1) is 7.11 Å². The molecule has 1 N–H and O–H groups in total. The van der Waals surface area contributed by atoms with Crippen molar-refractivity contribution in [1.82, 2.24) is 0 Å². The summed E-state index contributed by atoms with van der Waals surface area (Å²) in [5.74, 6) is -4.51. The molecule has 0 aliphatic carbocycles. The second-order valence-electron chi connectivity index (χ2n) is 2.04. The Morgan fingerprint density at radius 3 is 2.25 bits per heavy atom. The molecule has 12 heavy (non-hydrogen) atoms. The smallest absolute Gasteiger partial charge is 0.320 e. The van der Waals surface area contributed by atoms with Crippen LogP contribution in [-0.4, -0.2) is 30.6 Å². The fourth-order valence-corrected chi connectivity index (χ4v) is 0.618. The van der Waals surface area contributed by atoms with E-state index in [0.717, 1.165) is 7.11 Å². The van der Waals surface area contributed by atoms with Gasteiger partial charge in [0.1, 0.15) is 0 Å². The molecule has 0 rings (SSSR count). The maximum atomic E-state index is 11.7. The predicted molar refractivity (Wildman–Crippen MR) is 33.8 cm³/mol. The van der Waals surface area contributed by atoms with Crippen LogP contribution in [0.4, 0.5) is 8.78 Å². The van der Waals surface area contributed by atoms with Gasteiger partial charge in [0.15, 0.2) is 5.92 Å². The lowest BCUT2D eigenvalue weighted by atomic mass is 10.1. The minimum absolute atomic E-state index is 0.948. The average molecular weight is 182 g/mol. The van der Waals surface area contributed by atoms with Crippen LogP contribution in [0.3, 0.4) is 0 Å². The number of halogens is 2. The van der Waals surface area contributed by atoms with Gasteiger partial charge in [-0.2, -0.15) is 0 Å². The van der Waals surface area contributed by atoms with Crippen molar-refractivity contribution < 1.29 is 28.2 Å². The maximum Gasteiger partial charge on any atom is 0.320 e. The molecule has 0 spiro atoms. The number of esters is 1. The van der Waals surface area contributed by atoms with Gasteiger partial charge in [-0.25, -0.2) is 8.78 Å². The van der Waals surface area contributed by atoms with E-state index in [1.807, 2.05) is 0 Å². The average Bonchev–Trinajstić information content (AvgIpc) is 1.98. The molecule has 0 aliphatic heterocycles. The molecule has 0 saturated heterocycles. The molecule has 0 heterocycles. The Morgan fingerprint density at radius 2 is 2.00 bits per heavy atom. The second-order valence-corrected chi connectivity index (χ2v) is 2.04. The Labute approximate surface area is 67.1 Å². The first-order valence-corrected chi connectivity index (χ1v) is 3.07. The van der Waals surface area contributed by atoms with Crippen LogP contribution in [0.25, 0.3) is 0 Å². The number of carboxylic acids is 1. The molecule has 6 heteroatoms. The van der Waals surface area contributed by atoms with Crippen LogP contribution in [0.15, 0.2) is 0 Å². The number of hydrogen-bond donors (Lipinski definition) is 1. The van der Waals surface area contributed by atoms with Crippen LogP contribution in [0.2, 0.25) is 0 Å². The van der Waals surface area contributed by atoms with E-state index in [1.54, 1.807) is 0 Å². The van der Waals surface area contributed by atoms with E-state index in [-0.39, 0.29) is 0 Å². The third-order valence-electron chi connectivity index (χ3n) is 1.20. The Balaban J connectivity index is 4.23. The van der Waals surface area contributed by atoms with E-state index in [9.17, 15) is 18.4 Å². The Morgan fingerprint density at radius 1 is 1.50 bits per heavy atom. The molecule has 4 nitrogen and oxygen atoms in total. The summed E-state index contributed by atoms with van der Waals surface area (Å²) >= 11 is 0. The highest BCUT2D eigenvalue weighted by Crippen LogP contribution is 2.12. The van der Waals surface area contributed by atoms with Crippen LogP contribution < -0.4 is 0 Å². The van der Waals surface area contributed by atoms with Crippen molar-refractivity contribution in [2.75, 3.05) is 7.11 Å². The van der Waals surface area contributed by atoms with Crippen LogP contribution in [0, 0.1) is 5.92 Å². The minimum atomic E-state index is -2.83. The topological polar surface area (TPSA) is 63.6 Å². The van der Waals surface area contributed by atoms with Crippen LogP contribution in [0.5, 0.6) is 0 Å². The van der Waals surface area contributed by atoms with Crippen molar-refractivity contribution in [2.45, 2.75) is 12.8 Å². The lowest BCUT2D eigenvalue weighted by Crippen LogP contribution is -2.26. The lowest BCUT2D eigenvalue weighted by molar-refractivity contribution is -0.158. The Kier molecular flexibility index (Phi) is 4.17. The zero-order chi connectivity index (χ0) is 9.72. The zero-order valence-electron chi connectivity index (χ0n) is 6.29. The van der Waals surface area contributed by atoms with E-state index in [4.69, 9.17) is 5.11 Å². The van der Waals surface area contributed by atoms with Gasteiger partial charge < -0.3 is 9.84 Å². The molecule has 70 valence electrons.